The maximum atomic E-state index is 14.3. The fourth-order valence-corrected chi connectivity index (χ4v) is 5.84. The summed E-state index contributed by atoms with van der Waals surface area (Å²) in [6.45, 7) is 6.62. The quantitative estimate of drug-likeness (QED) is 0.545. The first-order valence-electron chi connectivity index (χ1n) is 11.7. The number of carbonyl (C=O) groups excluding carboxylic acids is 2. The number of aryl methyl sites for hydroxylation is 1. The number of benzene rings is 1. The number of carbonyl (C=O) groups is 2. The number of alkyl halides is 1. The van der Waals surface area contributed by atoms with Crippen molar-refractivity contribution < 1.29 is 18.7 Å². The van der Waals surface area contributed by atoms with Gasteiger partial charge in [0.1, 0.15) is 23.9 Å². The van der Waals surface area contributed by atoms with Crippen LogP contribution < -0.4 is 10.1 Å². The van der Waals surface area contributed by atoms with Crippen molar-refractivity contribution in [3.63, 3.8) is 0 Å². The molecular formula is C25H25ClFN5O3. The Morgan fingerprint density at radius 3 is 2.63 bits per heavy atom. The molecule has 1 aliphatic carbocycles. The van der Waals surface area contributed by atoms with Crippen molar-refractivity contribution in [3.05, 3.63) is 46.9 Å². The van der Waals surface area contributed by atoms with Crippen LogP contribution in [-0.4, -0.2) is 56.7 Å². The van der Waals surface area contributed by atoms with Gasteiger partial charge in [-0.25, -0.2) is 13.9 Å². The number of piperidine rings is 1. The number of amides is 2. The number of ether oxygens (including phenoxy) is 1. The molecule has 2 aliphatic heterocycles. The molecule has 1 N–H and O–H groups in total. The highest BCUT2D eigenvalue weighted by Gasteiger charge is 2.72. The van der Waals surface area contributed by atoms with Crippen LogP contribution in [0.1, 0.15) is 25.0 Å². The van der Waals surface area contributed by atoms with Gasteiger partial charge in [0.25, 0.3) is 0 Å². The van der Waals surface area contributed by atoms with Crippen molar-refractivity contribution in [2.45, 2.75) is 39.6 Å². The van der Waals surface area contributed by atoms with E-state index in [4.69, 9.17) is 16.3 Å². The number of hydrogen-bond donors (Lipinski definition) is 1. The van der Waals surface area contributed by atoms with Crippen LogP contribution in [0.2, 0.25) is 5.02 Å². The molecule has 182 valence electrons. The zero-order chi connectivity index (χ0) is 24.6. The highest BCUT2D eigenvalue weighted by Crippen LogP contribution is 2.63. The van der Waals surface area contributed by atoms with E-state index < -0.39 is 12.3 Å². The van der Waals surface area contributed by atoms with Gasteiger partial charge in [0.2, 0.25) is 11.8 Å². The van der Waals surface area contributed by atoms with Crippen molar-refractivity contribution in [1.82, 2.24) is 24.8 Å². The van der Waals surface area contributed by atoms with Gasteiger partial charge in [-0.05, 0) is 41.7 Å². The molecule has 2 amide bonds. The average molecular weight is 498 g/mol. The monoisotopic (exact) mass is 497 g/mol. The summed E-state index contributed by atoms with van der Waals surface area (Å²) in [6.07, 6.45) is 1.48. The average Bonchev–Trinajstić information content (AvgIpc) is 3.16. The number of halogens is 2. The van der Waals surface area contributed by atoms with E-state index in [2.05, 4.69) is 15.4 Å². The number of nitrogens with zero attached hydrogens (tertiary/aromatic N) is 4. The van der Waals surface area contributed by atoms with Crippen LogP contribution in [0.3, 0.4) is 0 Å². The maximum absolute atomic E-state index is 14.3. The number of likely N-dealkylation sites (tertiary alicyclic amines) is 1. The van der Waals surface area contributed by atoms with E-state index in [0.717, 1.165) is 11.1 Å². The number of aromatic nitrogens is 3. The van der Waals surface area contributed by atoms with Gasteiger partial charge >= 0.3 is 0 Å². The first-order valence-corrected chi connectivity index (χ1v) is 12.0. The third-order valence-electron chi connectivity index (χ3n) is 7.55. The smallest absolute Gasteiger partial charge is 0.233 e. The van der Waals surface area contributed by atoms with E-state index in [1.54, 1.807) is 22.8 Å². The molecule has 3 aliphatic rings. The lowest BCUT2D eigenvalue weighted by atomic mass is 10.0. The molecule has 4 heterocycles. The van der Waals surface area contributed by atoms with Crippen LogP contribution in [0.5, 0.6) is 5.75 Å². The third kappa shape index (κ3) is 3.43. The number of rotatable bonds is 5. The normalized spacial score (nSPS) is 27.1. The van der Waals surface area contributed by atoms with Gasteiger partial charge in [0.05, 0.1) is 23.9 Å². The van der Waals surface area contributed by atoms with Crippen LogP contribution in [0.4, 0.5) is 4.39 Å². The summed E-state index contributed by atoms with van der Waals surface area (Å²) in [5, 5.41) is 7.82. The minimum absolute atomic E-state index is 0.112. The molecule has 0 bridgehead atoms. The van der Waals surface area contributed by atoms with Crippen molar-refractivity contribution >= 4 is 28.9 Å². The molecule has 10 heteroatoms. The molecule has 35 heavy (non-hydrogen) atoms. The van der Waals surface area contributed by atoms with Gasteiger partial charge in [-0.15, -0.1) is 0 Å². The molecule has 3 fully saturated rings. The molecule has 6 rings (SSSR count). The molecule has 2 saturated heterocycles. The number of nitrogens with one attached hydrogen (secondary N) is 1. The molecule has 2 aromatic heterocycles. The minimum Gasteiger partial charge on any atom is -0.485 e. The summed E-state index contributed by atoms with van der Waals surface area (Å²) >= 11 is 6.39. The summed E-state index contributed by atoms with van der Waals surface area (Å²) in [5.41, 5.74) is 3.14. The lowest BCUT2D eigenvalue weighted by molar-refractivity contribution is -0.143. The maximum Gasteiger partial charge on any atom is 0.233 e. The van der Waals surface area contributed by atoms with Gasteiger partial charge in [-0.1, -0.05) is 25.4 Å². The highest BCUT2D eigenvalue weighted by atomic mass is 35.5. The Morgan fingerprint density at radius 2 is 1.94 bits per heavy atom. The van der Waals surface area contributed by atoms with Crippen molar-refractivity contribution in [3.8, 4) is 17.0 Å². The van der Waals surface area contributed by atoms with Gasteiger partial charge in [0, 0.05) is 29.9 Å². The van der Waals surface area contributed by atoms with E-state index in [1.807, 2.05) is 26.8 Å². The number of imide groups is 1. The Balaban J connectivity index is 1.36. The van der Waals surface area contributed by atoms with E-state index in [9.17, 15) is 14.0 Å². The molecule has 0 radical (unpaired) electrons. The Labute approximate surface area is 206 Å². The predicted molar refractivity (Wildman–Crippen MR) is 127 cm³/mol. The Bertz CT molecular complexity index is 1360. The van der Waals surface area contributed by atoms with Crippen LogP contribution in [0, 0.1) is 24.2 Å². The molecule has 8 nitrogen and oxygen atoms in total. The van der Waals surface area contributed by atoms with Crippen molar-refractivity contribution in [2.75, 3.05) is 13.1 Å². The van der Waals surface area contributed by atoms with E-state index in [1.165, 1.54) is 11.2 Å². The molecule has 1 aromatic carbocycles. The molecule has 4 atom stereocenters. The molecular weight excluding hydrogens is 473 g/mol. The second kappa shape index (κ2) is 7.73. The van der Waals surface area contributed by atoms with Crippen molar-refractivity contribution in [2.24, 2.45) is 17.3 Å². The number of hydrogen-bond acceptors (Lipinski definition) is 6. The van der Waals surface area contributed by atoms with Crippen LogP contribution in [0.25, 0.3) is 16.8 Å². The second-order valence-electron chi connectivity index (χ2n) is 10.3. The van der Waals surface area contributed by atoms with Gasteiger partial charge in [-0.3, -0.25) is 14.5 Å². The Morgan fingerprint density at radius 1 is 1.20 bits per heavy atom. The molecule has 3 aromatic rings. The number of fused-ring (bicyclic) bond motifs is 2. The fourth-order valence-electron chi connectivity index (χ4n) is 5.57. The minimum atomic E-state index is -1.12. The summed E-state index contributed by atoms with van der Waals surface area (Å²) < 4.78 is 22.1. The Kier molecular flexibility index (Phi) is 4.95. The fraction of sp³-hybridized carbons (Fsp3) is 0.440. The van der Waals surface area contributed by atoms with Crippen molar-refractivity contribution in [1.29, 1.82) is 0 Å². The Hall–Kier alpha value is -3.04. The second-order valence-corrected chi connectivity index (χ2v) is 10.7. The molecule has 0 spiro atoms. The zero-order valence-electron chi connectivity index (χ0n) is 19.6. The van der Waals surface area contributed by atoms with Gasteiger partial charge in [0.15, 0.2) is 6.17 Å². The van der Waals surface area contributed by atoms with Crippen LogP contribution >= 0.6 is 11.6 Å². The molecule has 4 unspecified atom stereocenters. The van der Waals surface area contributed by atoms with Crippen LogP contribution in [0.15, 0.2) is 30.7 Å². The van der Waals surface area contributed by atoms with Gasteiger partial charge in [-0.2, -0.15) is 5.10 Å². The predicted octanol–water partition coefficient (Wildman–Crippen LogP) is 3.19. The zero-order valence-corrected chi connectivity index (χ0v) is 20.3. The first kappa shape index (κ1) is 22.4. The summed E-state index contributed by atoms with van der Waals surface area (Å²) in [4.78, 5) is 31.4. The highest BCUT2D eigenvalue weighted by molar-refractivity contribution is 6.31. The third-order valence-corrected chi connectivity index (χ3v) is 7.76. The first-order chi connectivity index (χ1) is 16.7. The standard InChI is InChI=1S/C25H25ClFN5O3/c1-12-4-14(26)6-15(22(12)35-18-8-28-7-16(18)27)21-17-5-13(10-32(17)30-11-29-21)9-31-23(33)19-20(24(31)34)25(19,2)3/h4-6,10-11,16,18-20,28H,7-9H2,1-3H3. The summed E-state index contributed by atoms with van der Waals surface area (Å²) in [7, 11) is 0. The van der Waals surface area contributed by atoms with E-state index in [0.29, 0.717) is 34.1 Å². The lowest BCUT2D eigenvalue weighted by Gasteiger charge is -2.20. The lowest BCUT2D eigenvalue weighted by Crippen LogP contribution is -2.35. The molecule has 1 saturated carbocycles. The summed E-state index contributed by atoms with van der Waals surface area (Å²) in [5.74, 6) is -0.152. The largest absolute Gasteiger partial charge is 0.485 e. The topological polar surface area (TPSA) is 88.8 Å². The van der Waals surface area contributed by atoms with Gasteiger partial charge < -0.3 is 10.1 Å². The summed E-state index contributed by atoms with van der Waals surface area (Å²) in [6, 6.07) is 5.38. The van der Waals surface area contributed by atoms with Crippen LogP contribution in [-0.2, 0) is 16.1 Å². The SMILES string of the molecule is Cc1cc(Cl)cc(-c2ncnn3cc(CN4C(=O)C5C(C4=O)C5(C)C)cc23)c1OC1CNCC1F. The van der Waals surface area contributed by atoms with E-state index >= 15 is 0 Å². The van der Waals surface area contributed by atoms with E-state index in [-0.39, 0.29) is 42.2 Å².